The van der Waals surface area contributed by atoms with E-state index in [9.17, 15) is 9.18 Å². The zero-order valence-corrected chi connectivity index (χ0v) is 16.7. The molecule has 1 aromatic heterocycles. The lowest BCUT2D eigenvalue weighted by molar-refractivity contribution is 0.0780. The Labute approximate surface area is 172 Å². The largest absolute Gasteiger partial charge is 0.488 e. The summed E-state index contributed by atoms with van der Waals surface area (Å²) >= 11 is 1.58. The van der Waals surface area contributed by atoms with Crippen LogP contribution >= 0.6 is 11.3 Å². The van der Waals surface area contributed by atoms with E-state index >= 15 is 0 Å². The van der Waals surface area contributed by atoms with Gasteiger partial charge in [-0.3, -0.25) is 4.79 Å². The first kappa shape index (κ1) is 19.1. The van der Waals surface area contributed by atoms with Crippen LogP contribution in [0.3, 0.4) is 0 Å². The molecular formula is C23H19FN2O2S. The van der Waals surface area contributed by atoms with Crippen molar-refractivity contribution in [3.05, 3.63) is 94.7 Å². The fourth-order valence-corrected chi connectivity index (χ4v) is 4.00. The number of benzene rings is 3. The number of para-hydroxylation sites is 2. The lowest BCUT2D eigenvalue weighted by Crippen LogP contribution is -2.26. The highest BCUT2D eigenvalue weighted by Gasteiger charge is 2.18. The molecule has 1 amide bonds. The summed E-state index contributed by atoms with van der Waals surface area (Å²) in [5, 5.41) is 0.881. The molecule has 0 unspecified atom stereocenters. The van der Waals surface area contributed by atoms with E-state index in [2.05, 4.69) is 4.98 Å². The Morgan fingerprint density at radius 3 is 2.55 bits per heavy atom. The van der Waals surface area contributed by atoms with Gasteiger partial charge in [0, 0.05) is 7.05 Å². The number of hydrogen-bond acceptors (Lipinski definition) is 4. The number of hydrogen-bond donors (Lipinski definition) is 0. The second-order valence-electron chi connectivity index (χ2n) is 6.65. The summed E-state index contributed by atoms with van der Waals surface area (Å²) in [6.07, 6.45) is 0. The van der Waals surface area contributed by atoms with Crippen molar-refractivity contribution in [1.29, 1.82) is 0 Å². The van der Waals surface area contributed by atoms with Gasteiger partial charge in [0.2, 0.25) is 0 Å². The summed E-state index contributed by atoms with van der Waals surface area (Å²) in [6, 6.07) is 21.2. The number of carbonyl (C=O) groups is 1. The van der Waals surface area contributed by atoms with E-state index in [0.717, 1.165) is 20.8 Å². The molecule has 1 heterocycles. The number of carbonyl (C=O) groups excluding carboxylic acids is 1. The van der Waals surface area contributed by atoms with E-state index in [4.69, 9.17) is 4.74 Å². The van der Waals surface area contributed by atoms with Crippen LogP contribution in [-0.4, -0.2) is 22.8 Å². The topological polar surface area (TPSA) is 42.4 Å². The number of nitrogens with zero attached hydrogens (tertiary/aromatic N) is 2. The molecule has 0 atom stereocenters. The summed E-state index contributed by atoms with van der Waals surface area (Å²) in [5.41, 5.74) is 2.26. The maximum Gasteiger partial charge on any atom is 0.257 e. The van der Waals surface area contributed by atoms with Gasteiger partial charge >= 0.3 is 0 Å². The summed E-state index contributed by atoms with van der Waals surface area (Å²) in [5.74, 6) is 0.0673. The second-order valence-corrected chi connectivity index (χ2v) is 7.76. The molecule has 0 aliphatic rings. The van der Waals surface area contributed by atoms with Crippen molar-refractivity contribution < 1.29 is 13.9 Å². The van der Waals surface area contributed by atoms with Crippen molar-refractivity contribution in [1.82, 2.24) is 9.88 Å². The highest BCUT2D eigenvalue weighted by Crippen LogP contribution is 2.25. The molecule has 29 heavy (non-hydrogen) atoms. The van der Waals surface area contributed by atoms with Crippen LogP contribution in [0, 0.1) is 5.82 Å². The Kier molecular flexibility index (Phi) is 5.53. The van der Waals surface area contributed by atoms with Crippen molar-refractivity contribution >= 4 is 27.5 Å². The Hall–Kier alpha value is -3.25. The first-order valence-electron chi connectivity index (χ1n) is 9.16. The average molecular weight is 406 g/mol. The lowest BCUT2D eigenvalue weighted by atomic mass is 10.1. The van der Waals surface area contributed by atoms with Crippen LogP contribution in [-0.2, 0) is 13.2 Å². The Morgan fingerprint density at radius 1 is 1.03 bits per heavy atom. The predicted octanol–water partition coefficient (Wildman–Crippen LogP) is 5.29. The monoisotopic (exact) mass is 406 g/mol. The molecule has 0 fully saturated rings. The zero-order valence-electron chi connectivity index (χ0n) is 15.8. The number of rotatable bonds is 6. The molecule has 4 nitrogen and oxygen atoms in total. The molecule has 0 spiro atoms. The van der Waals surface area contributed by atoms with E-state index < -0.39 is 0 Å². The second kappa shape index (κ2) is 8.41. The normalized spacial score (nSPS) is 10.8. The van der Waals surface area contributed by atoms with Gasteiger partial charge in [-0.05, 0) is 42.0 Å². The lowest BCUT2D eigenvalue weighted by Gasteiger charge is -2.18. The van der Waals surface area contributed by atoms with E-state index in [1.54, 1.807) is 47.5 Å². The first-order valence-corrected chi connectivity index (χ1v) is 9.98. The van der Waals surface area contributed by atoms with Crippen LogP contribution in [0.25, 0.3) is 10.2 Å². The summed E-state index contributed by atoms with van der Waals surface area (Å²) in [4.78, 5) is 19.2. The Balaban J connectivity index is 1.48. The molecule has 0 saturated carbocycles. The summed E-state index contributed by atoms with van der Waals surface area (Å²) in [7, 11) is 1.76. The zero-order chi connectivity index (χ0) is 20.2. The summed E-state index contributed by atoms with van der Waals surface area (Å²) in [6.45, 7) is 0.677. The van der Waals surface area contributed by atoms with E-state index in [0.29, 0.717) is 17.9 Å². The van der Waals surface area contributed by atoms with Crippen molar-refractivity contribution in [3.8, 4) is 5.75 Å². The van der Waals surface area contributed by atoms with Crippen LogP contribution in [0.4, 0.5) is 4.39 Å². The molecule has 3 aromatic carbocycles. The molecule has 4 rings (SSSR count). The Bertz CT molecular complexity index is 1110. The third-order valence-corrected chi connectivity index (χ3v) is 5.50. The average Bonchev–Trinajstić information content (AvgIpc) is 3.15. The van der Waals surface area contributed by atoms with Gasteiger partial charge in [-0.25, -0.2) is 9.37 Å². The van der Waals surface area contributed by atoms with Gasteiger partial charge in [-0.2, -0.15) is 0 Å². The molecule has 0 saturated heterocycles. The van der Waals surface area contributed by atoms with Gasteiger partial charge in [-0.1, -0.05) is 36.4 Å². The predicted molar refractivity (Wildman–Crippen MR) is 113 cm³/mol. The van der Waals surface area contributed by atoms with Crippen LogP contribution < -0.4 is 4.74 Å². The molecule has 4 aromatic rings. The van der Waals surface area contributed by atoms with E-state index in [1.807, 2.05) is 36.4 Å². The highest BCUT2D eigenvalue weighted by atomic mass is 32.1. The molecule has 146 valence electrons. The summed E-state index contributed by atoms with van der Waals surface area (Å²) < 4.78 is 20.0. The minimum absolute atomic E-state index is 0.140. The number of fused-ring (bicyclic) bond motifs is 1. The molecule has 0 N–H and O–H groups in total. The maximum absolute atomic E-state index is 13.1. The number of amides is 1. The number of aromatic nitrogens is 1. The standard InChI is InChI=1S/C23H19FN2O2S/c1-26(14-22-25-19-7-3-5-9-21(19)29-22)23(27)18-6-2-4-8-20(18)28-15-16-10-12-17(24)13-11-16/h2-13H,14-15H2,1H3. The van der Waals surface area contributed by atoms with Gasteiger partial charge in [0.05, 0.1) is 22.3 Å². The van der Waals surface area contributed by atoms with Crippen molar-refractivity contribution in [3.63, 3.8) is 0 Å². The number of thiazole rings is 1. The molecule has 0 aliphatic heterocycles. The van der Waals surface area contributed by atoms with E-state index in [-0.39, 0.29) is 18.3 Å². The molecule has 0 aliphatic carbocycles. The smallest absolute Gasteiger partial charge is 0.257 e. The molecular weight excluding hydrogens is 387 g/mol. The number of halogens is 1. The molecule has 6 heteroatoms. The van der Waals surface area contributed by atoms with Gasteiger partial charge in [0.25, 0.3) is 5.91 Å². The number of ether oxygens (including phenoxy) is 1. The third-order valence-electron chi connectivity index (χ3n) is 4.48. The molecule has 0 bridgehead atoms. The fourth-order valence-electron chi connectivity index (χ4n) is 2.98. The molecule has 0 radical (unpaired) electrons. The van der Waals surface area contributed by atoms with Crippen molar-refractivity contribution in [2.24, 2.45) is 0 Å². The van der Waals surface area contributed by atoms with E-state index in [1.165, 1.54) is 12.1 Å². The Morgan fingerprint density at radius 2 is 1.76 bits per heavy atom. The van der Waals surface area contributed by atoms with Crippen LogP contribution in [0.15, 0.2) is 72.8 Å². The minimum Gasteiger partial charge on any atom is -0.488 e. The van der Waals surface area contributed by atoms with Crippen LogP contribution in [0.2, 0.25) is 0 Å². The quantitative estimate of drug-likeness (QED) is 0.437. The van der Waals surface area contributed by atoms with Gasteiger partial charge in [0.15, 0.2) is 0 Å². The van der Waals surface area contributed by atoms with Crippen LogP contribution in [0.5, 0.6) is 5.75 Å². The van der Waals surface area contributed by atoms with Crippen LogP contribution in [0.1, 0.15) is 20.9 Å². The van der Waals surface area contributed by atoms with Crippen molar-refractivity contribution in [2.75, 3.05) is 7.05 Å². The minimum atomic E-state index is -0.291. The first-order chi connectivity index (χ1) is 14.1. The van der Waals surface area contributed by atoms with Crippen molar-refractivity contribution in [2.45, 2.75) is 13.2 Å². The SMILES string of the molecule is CN(Cc1nc2ccccc2s1)C(=O)c1ccccc1OCc1ccc(F)cc1. The van der Waals surface area contributed by atoms with Gasteiger partial charge in [-0.15, -0.1) is 11.3 Å². The third kappa shape index (κ3) is 4.43. The maximum atomic E-state index is 13.1. The van der Waals surface area contributed by atoms with Gasteiger partial charge in [0.1, 0.15) is 23.2 Å². The van der Waals surface area contributed by atoms with Gasteiger partial charge < -0.3 is 9.64 Å². The fraction of sp³-hybridized carbons (Fsp3) is 0.130. The highest BCUT2D eigenvalue weighted by molar-refractivity contribution is 7.18.